The summed E-state index contributed by atoms with van der Waals surface area (Å²) in [6, 6.07) is 18.1. The number of fused-ring (bicyclic) bond motifs is 1. The van der Waals surface area contributed by atoms with E-state index in [1.165, 1.54) is 16.6 Å². The second kappa shape index (κ2) is 9.16. The van der Waals surface area contributed by atoms with E-state index in [-0.39, 0.29) is 11.8 Å². The number of carbonyl (C=O) groups is 2. The number of hydrogen-bond donors (Lipinski definition) is 2. The topological polar surface area (TPSA) is 68.4 Å². The average Bonchev–Trinajstić information content (AvgIpc) is 3.26. The fourth-order valence-corrected chi connectivity index (χ4v) is 5.67. The molecule has 2 aromatic carbocycles. The Balaban J connectivity index is 1.40. The lowest BCUT2D eigenvalue weighted by Gasteiger charge is -2.52. The van der Waals surface area contributed by atoms with Crippen molar-refractivity contribution in [2.45, 2.75) is 51.1 Å². The van der Waals surface area contributed by atoms with E-state index in [0.717, 1.165) is 25.0 Å². The van der Waals surface area contributed by atoms with E-state index < -0.39 is 11.6 Å². The quantitative estimate of drug-likeness (QED) is 0.584. The van der Waals surface area contributed by atoms with E-state index in [0.29, 0.717) is 31.7 Å². The number of hydrogen-bond acceptors (Lipinski definition) is 3. The van der Waals surface area contributed by atoms with Gasteiger partial charge in [0.1, 0.15) is 11.6 Å². The first-order valence-electron chi connectivity index (χ1n) is 12.5. The summed E-state index contributed by atoms with van der Waals surface area (Å²) in [6.07, 6.45) is 4.71. The predicted octanol–water partition coefficient (Wildman–Crippen LogP) is 4.12. The molecule has 6 heteroatoms. The van der Waals surface area contributed by atoms with Crippen LogP contribution in [0.25, 0.3) is 10.9 Å². The van der Waals surface area contributed by atoms with E-state index >= 15 is 0 Å². The van der Waals surface area contributed by atoms with Crippen molar-refractivity contribution in [3.8, 4) is 0 Å². The number of rotatable bonds is 6. The van der Waals surface area contributed by atoms with Crippen molar-refractivity contribution in [2.75, 3.05) is 24.5 Å². The third kappa shape index (κ3) is 4.06. The molecule has 3 heterocycles. The van der Waals surface area contributed by atoms with Crippen LogP contribution < -0.4 is 10.2 Å². The van der Waals surface area contributed by atoms with E-state index in [9.17, 15) is 9.59 Å². The van der Waals surface area contributed by atoms with Crippen molar-refractivity contribution >= 4 is 28.4 Å². The summed E-state index contributed by atoms with van der Waals surface area (Å²) in [5.41, 5.74) is 2.68. The van der Waals surface area contributed by atoms with Gasteiger partial charge in [-0.25, -0.2) is 0 Å². The van der Waals surface area contributed by atoms with E-state index in [2.05, 4.69) is 53.3 Å². The summed E-state index contributed by atoms with van der Waals surface area (Å²) in [5, 5.41) is 4.29. The lowest BCUT2D eigenvalue weighted by molar-refractivity contribution is -0.159. The van der Waals surface area contributed by atoms with Crippen molar-refractivity contribution in [3.05, 3.63) is 66.4 Å². The highest BCUT2D eigenvalue weighted by Crippen LogP contribution is 2.36. The molecule has 2 amide bonds. The molecule has 1 unspecified atom stereocenters. The highest BCUT2D eigenvalue weighted by molar-refractivity contribution is 6.00. The van der Waals surface area contributed by atoms with E-state index in [1.54, 1.807) is 0 Å². The van der Waals surface area contributed by atoms with Crippen molar-refractivity contribution in [1.29, 1.82) is 0 Å². The van der Waals surface area contributed by atoms with Crippen molar-refractivity contribution in [2.24, 2.45) is 5.92 Å². The Kier molecular flexibility index (Phi) is 6.07. The molecular formula is C28H34N4O2. The number of nitrogens with zero attached hydrogens (tertiary/aromatic N) is 2. The third-order valence-electron chi connectivity index (χ3n) is 7.51. The van der Waals surface area contributed by atoms with Crippen LogP contribution in [-0.2, 0) is 16.0 Å². The Morgan fingerprint density at radius 3 is 2.44 bits per heavy atom. The molecule has 3 aromatic rings. The van der Waals surface area contributed by atoms with E-state index in [4.69, 9.17) is 0 Å². The largest absolute Gasteiger partial charge is 0.371 e. The number of H-pyrrole nitrogens is 1. The monoisotopic (exact) mass is 458 g/mol. The van der Waals surface area contributed by atoms with Gasteiger partial charge in [0.15, 0.2) is 0 Å². The maximum atomic E-state index is 13.7. The summed E-state index contributed by atoms with van der Waals surface area (Å²) in [5.74, 6) is 0.421. The molecule has 2 saturated heterocycles. The molecule has 0 aliphatic carbocycles. The lowest BCUT2D eigenvalue weighted by Crippen LogP contribution is -2.73. The number of piperidine rings is 1. The van der Waals surface area contributed by atoms with Crippen LogP contribution in [0.5, 0.6) is 0 Å². The maximum absolute atomic E-state index is 13.7. The number of nitrogens with one attached hydrogen (secondary N) is 2. The van der Waals surface area contributed by atoms with Gasteiger partial charge in [0, 0.05) is 42.4 Å². The molecule has 1 aromatic heterocycles. The summed E-state index contributed by atoms with van der Waals surface area (Å²) in [6.45, 7) is 6.25. The number of para-hydroxylation sites is 2. The Bertz CT molecular complexity index is 1160. The highest BCUT2D eigenvalue weighted by atomic mass is 16.2. The van der Waals surface area contributed by atoms with Crippen molar-refractivity contribution < 1.29 is 9.59 Å². The minimum absolute atomic E-state index is 0.0180. The molecular weight excluding hydrogens is 424 g/mol. The van der Waals surface area contributed by atoms with E-state index in [1.807, 2.05) is 41.4 Å². The molecule has 178 valence electrons. The summed E-state index contributed by atoms with van der Waals surface area (Å²) >= 11 is 0. The average molecular weight is 459 g/mol. The Morgan fingerprint density at radius 1 is 1.00 bits per heavy atom. The molecule has 1 atom stereocenters. The van der Waals surface area contributed by atoms with Crippen LogP contribution in [0.1, 0.15) is 38.7 Å². The van der Waals surface area contributed by atoms with Crippen LogP contribution >= 0.6 is 0 Å². The number of amides is 2. The van der Waals surface area contributed by atoms with Gasteiger partial charge in [0.05, 0.1) is 0 Å². The zero-order chi connectivity index (χ0) is 23.7. The molecule has 0 bridgehead atoms. The minimum atomic E-state index is -0.776. The lowest BCUT2D eigenvalue weighted by atomic mass is 9.80. The Morgan fingerprint density at radius 2 is 1.71 bits per heavy atom. The van der Waals surface area contributed by atoms with Crippen molar-refractivity contribution in [1.82, 2.24) is 15.2 Å². The number of benzene rings is 2. The molecule has 0 saturated carbocycles. The van der Waals surface area contributed by atoms with Gasteiger partial charge in [-0.05, 0) is 55.4 Å². The zero-order valence-corrected chi connectivity index (χ0v) is 20.1. The van der Waals surface area contributed by atoms with Gasteiger partial charge in [-0.1, -0.05) is 50.2 Å². The number of aromatic amines is 1. The molecule has 2 aliphatic rings. The van der Waals surface area contributed by atoms with Gasteiger partial charge in [-0.3, -0.25) is 9.59 Å². The fraction of sp³-hybridized carbons (Fsp3) is 0.429. The van der Waals surface area contributed by atoms with Gasteiger partial charge < -0.3 is 20.1 Å². The maximum Gasteiger partial charge on any atom is 0.246 e. The van der Waals surface area contributed by atoms with Crippen LogP contribution in [-0.4, -0.2) is 52.9 Å². The van der Waals surface area contributed by atoms with Gasteiger partial charge in [-0.15, -0.1) is 0 Å². The first kappa shape index (κ1) is 22.5. The van der Waals surface area contributed by atoms with Crippen LogP contribution in [0.2, 0.25) is 0 Å². The summed E-state index contributed by atoms with van der Waals surface area (Å²) in [7, 11) is 0. The minimum Gasteiger partial charge on any atom is -0.371 e. The second-order valence-electron chi connectivity index (χ2n) is 10.1. The summed E-state index contributed by atoms with van der Waals surface area (Å²) < 4.78 is 0. The highest BCUT2D eigenvalue weighted by Gasteiger charge is 2.53. The van der Waals surface area contributed by atoms with Crippen molar-refractivity contribution in [3.63, 3.8) is 0 Å². The van der Waals surface area contributed by atoms with Crippen LogP contribution in [0.15, 0.2) is 60.8 Å². The smallest absolute Gasteiger partial charge is 0.246 e. The normalized spacial score (nSPS) is 20.4. The number of carbonyl (C=O) groups excluding carboxylic acids is 2. The number of aromatic nitrogens is 1. The van der Waals surface area contributed by atoms with Crippen LogP contribution in [0.4, 0.5) is 5.69 Å². The fourth-order valence-electron chi connectivity index (χ4n) is 5.67. The van der Waals surface area contributed by atoms with Gasteiger partial charge in [0.25, 0.3) is 0 Å². The molecule has 34 heavy (non-hydrogen) atoms. The van der Waals surface area contributed by atoms with Gasteiger partial charge in [-0.2, -0.15) is 0 Å². The Hall–Kier alpha value is -3.28. The number of piperazine rings is 1. The molecule has 5 rings (SSSR count). The molecule has 6 nitrogen and oxygen atoms in total. The molecule has 2 aliphatic heterocycles. The van der Waals surface area contributed by atoms with Crippen LogP contribution in [0, 0.1) is 5.92 Å². The Labute approximate surface area is 201 Å². The van der Waals surface area contributed by atoms with Gasteiger partial charge >= 0.3 is 0 Å². The van der Waals surface area contributed by atoms with Gasteiger partial charge in [0.2, 0.25) is 11.8 Å². The molecule has 2 fully saturated rings. The predicted molar refractivity (Wildman–Crippen MR) is 136 cm³/mol. The van der Waals surface area contributed by atoms with Crippen LogP contribution in [0.3, 0.4) is 0 Å². The number of anilines is 1. The first-order chi connectivity index (χ1) is 16.5. The molecule has 0 radical (unpaired) electrons. The second-order valence-corrected chi connectivity index (χ2v) is 10.1. The zero-order valence-electron chi connectivity index (χ0n) is 20.1. The summed E-state index contributed by atoms with van der Waals surface area (Å²) in [4.78, 5) is 34.9. The third-order valence-corrected chi connectivity index (χ3v) is 7.51. The molecule has 1 spiro atoms. The molecule has 2 N–H and O–H groups in total. The standard InChI is InChI=1S/C28H34N4O2/c1-20(2)18-25-26(33)32(15-12-21-19-29-24-11-7-6-10-23(21)24)28(27(34)30-25)13-16-31(17-14-28)22-8-4-3-5-9-22/h3-11,19-20,25,29H,12-18H2,1-2H3,(H,30,34). The first-order valence-corrected chi connectivity index (χ1v) is 12.5. The SMILES string of the molecule is CC(C)CC1NC(=O)C2(CCN(c3ccccc3)CC2)N(CCc2c[nH]c3ccccc23)C1=O.